The lowest BCUT2D eigenvalue weighted by molar-refractivity contribution is 0.187. The number of nitrogens with one attached hydrogen (secondary N) is 1. The molecule has 4 rings (SSSR count). The summed E-state index contributed by atoms with van der Waals surface area (Å²) in [6, 6.07) is 10.2. The highest BCUT2D eigenvalue weighted by atomic mass is 32.2. The zero-order valence-electron chi connectivity index (χ0n) is 12.5. The number of hydrogen-bond acceptors (Lipinski definition) is 4. The zero-order chi connectivity index (χ0) is 15.8. The number of rotatable bonds is 3. The number of fused-ring (bicyclic) bond motifs is 1. The second kappa shape index (κ2) is 5.88. The average Bonchev–Trinajstić information content (AvgIpc) is 3.23. The Labute approximate surface area is 137 Å². The second-order valence-corrected chi connectivity index (χ2v) is 6.38. The van der Waals surface area contributed by atoms with Gasteiger partial charge in [-0.1, -0.05) is 12.1 Å². The van der Waals surface area contributed by atoms with Crippen LogP contribution in [0.1, 0.15) is 12.5 Å². The third kappa shape index (κ3) is 2.49. The molecule has 1 unspecified atom stereocenters. The van der Waals surface area contributed by atoms with E-state index in [9.17, 15) is 4.79 Å². The van der Waals surface area contributed by atoms with Gasteiger partial charge in [-0.05, 0) is 42.1 Å². The maximum atomic E-state index is 12.4. The van der Waals surface area contributed by atoms with Crippen LogP contribution in [0.25, 0.3) is 22.0 Å². The third-order valence-corrected chi connectivity index (χ3v) is 4.90. The van der Waals surface area contributed by atoms with Crippen LogP contribution in [-0.4, -0.2) is 22.8 Å². The van der Waals surface area contributed by atoms with E-state index in [-0.39, 0.29) is 11.6 Å². The summed E-state index contributed by atoms with van der Waals surface area (Å²) < 4.78 is 7.69. The Morgan fingerprint density at radius 1 is 1.26 bits per heavy atom. The summed E-state index contributed by atoms with van der Waals surface area (Å²) >= 11 is 1.22. The molecule has 3 aromatic rings. The fourth-order valence-electron chi connectivity index (χ4n) is 3.19. The van der Waals surface area contributed by atoms with Crippen molar-refractivity contribution in [2.45, 2.75) is 17.4 Å². The van der Waals surface area contributed by atoms with E-state index in [1.54, 1.807) is 6.20 Å². The molecule has 1 fully saturated rings. The molecular formula is C17H17N3O2S. The van der Waals surface area contributed by atoms with Gasteiger partial charge >= 0.3 is 0 Å². The highest BCUT2D eigenvalue weighted by Crippen LogP contribution is 2.33. The lowest BCUT2D eigenvalue weighted by atomic mass is 10.1. The Kier molecular flexibility index (Phi) is 3.72. The van der Waals surface area contributed by atoms with Crippen LogP contribution in [0.3, 0.4) is 0 Å². The summed E-state index contributed by atoms with van der Waals surface area (Å²) in [6.07, 6.45) is 4.75. The van der Waals surface area contributed by atoms with Crippen molar-refractivity contribution >= 4 is 22.9 Å². The molecule has 2 aromatic heterocycles. The van der Waals surface area contributed by atoms with E-state index < -0.39 is 0 Å². The molecule has 1 atom stereocenters. The van der Waals surface area contributed by atoms with Crippen molar-refractivity contribution in [1.29, 1.82) is 0 Å². The zero-order valence-corrected chi connectivity index (χ0v) is 13.3. The van der Waals surface area contributed by atoms with Crippen molar-refractivity contribution in [3.8, 4) is 11.1 Å². The molecule has 1 aromatic carbocycles. The fourth-order valence-corrected chi connectivity index (χ4v) is 3.49. The molecule has 0 aliphatic carbocycles. The fraction of sp³-hybridized carbons (Fsp3) is 0.235. The van der Waals surface area contributed by atoms with Crippen molar-refractivity contribution in [3.05, 3.63) is 53.1 Å². The Bertz CT molecular complexity index is 892. The van der Waals surface area contributed by atoms with Crippen LogP contribution >= 0.6 is 11.9 Å². The number of pyridine rings is 1. The summed E-state index contributed by atoms with van der Waals surface area (Å²) in [4.78, 5) is 16.2. The van der Waals surface area contributed by atoms with Gasteiger partial charge in [0.2, 0.25) is 0 Å². The predicted molar refractivity (Wildman–Crippen MR) is 92.5 cm³/mol. The molecule has 23 heavy (non-hydrogen) atoms. The van der Waals surface area contributed by atoms with Gasteiger partial charge in [0.1, 0.15) is 0 Å². The normalized spacial score (nSPS) is 17.9. The van der Waals surface area contributed by atoms with Gasteiger partial charge in [-0.3, -0.25) is 9.93 Å². The summed E-state index contributed by atoms with van der Waals surface area (Å²) in [7, 11) is 0. The summed E-state index contributed by atoms with van der Waals surface area (Å²) in [6.45, 7) is 1.46. The van der Waals surface area contributed by atoms with E-state index in [2.05, 4.69) is 15.7 Å². The van der Waals surface area contributed by atoms with Crippen LogP contribution < -0.4 is 10.7 Å². The Hall–Kier alpha value is -2.02. The molecule has 1 aliphatic rings. The molecule has 0 saturated carbocycles. The molecule has 6 heteroatoms. The summed E-state index contributed by atoms with van der Waals surface area (Å²) in [5.74, 6) is 0. The number of aromatic nitrogens is 2. The van der Waals surface area contributed by atoms with Crippen molar-refractivity contribution < 1.29 is 4.74 Å². The minimum atomic E-state index is -0.0626. The SMILES string of the molecule is NSc1ccc(-c2cn(C3CCOC3)c3cc[nH]c(=O)c23)cc1. The first-order valence-electron chi connectivity index (χ1n) is 7.55. The Morgan fingerprint density at radius 2 is 2.09 bits per heavy atom. The standard InChI is InChI=1S/C17H17N3O2S/c18-23-13-3-1-11(2-4-13)14-9-20(12-6-8-22-10-12)15-5-7-19-17(21)16(14)15/h1-5,7,9,12H,6,8,10,18H2,(H,19,21). The first-order chi connectivity index (χ1) is 11.3. The molecule has 3 heterocycles. The van der Waals surface area contributed by atoms with Crippen LogP contribution in [0.2, 0.25) is 0 Å². The van der Waals surface area contributed by atoms with Crippen molar-refractivity contribution in [3.63, 3.8) is 0 Å². The van der Waals surface area contributed by atoms with Crippen molar-refractivity contribution in [2.24, 2.45) is 5.14 Å². The van der Waals surface area contributed by atoms with Gasteiger partial charge in [-0.2, -0.15) is 0 Å². The molecule has 1 saturated heterocycles. The quantitative estimate of drug-likeness (QED) is 0.726. The number of ether oxygens (including phenoxy) is 1. The third-order valence-electron chi connectivity index (χ3n) is 4.35. The van der Waals surface area contributed by atoms with Gasteiger partial charge in [-0.25, -0.2) is 0 Å². The minimum absolute atomic E-state index is 0.0626. The van der Waals surface area contributed by atoms with Gasteiger partial charge in [0.25, 0.3) is 5.56 Å². The lowest BCUT2D eigenvalue weighted by Crippen LogP contribution is -2.09. The van der Waals surface area contributed by atoms with Gasteiger partial charge < -0.3 is 14.3 Å². The highest BCUT2D eigenvalue weighted by molar-refractivity contribution is 7.97. The van der Waals surface area contributed by atoms with E-state index >= 15 is 0 Å². The number of nitrogens with zero attached hydrogens (tertiary/aromatic N) is 1. The molecule has 118 valence electrons. The summed E-state index contributed by atoms with van der Waals surface area (Å²) in [5.41, 5.74) is 2.86. The maximum Gasteiger partial charge on any atom is 0.258 e. The van der Waals surface area contributed by atoms with E-state index in [0.29, 0.717) is 6.61 Å². The first-order valence-corrected chi connectivity index (χ1v) is 8.43. The molecular weight excluding hydrogens is 310 g/mol. The Balaban J connectivity index is 1.93. The number of aromatic amines is 1. The molecule has 0 amide bonds. The minimum Gasteiger partial charge on any atom is -0.379 e. The lowest BCUT2D eigenvalue weighted by Gasteiger charge is -2.11. The van der Waals surface area contributed by atoms with Gasteiger partial charge in [0.15, 0.2) is 0 Å². The predicted octanol–water partition coefficient (Wildman–Crippen LogP) is 2.92. The van der Waals surface area contributed by atoms with Gasteiger partial charge in [0.05, 0.1) is 23.6 Å². The summed E-state index contributed by atoms with van der Waals surface area (Å²) in [5, 5.41) is 6.31. The van der Waals surface area contributed by atoms with E-state index in [1.807, 2.05) is 30.3 Å². The molecule has 0 radical (unpaired) electrons. The van der Waals surface area contributed by atoms with Crippen molar-refractivity contribution in [2.75, 3.05) is 13.2 Å². The number of H-pyrrole nitrogens is 1. The van der Waals surface area contributed by atoms with E-state index in [1.165, 1.54) is 11.9 Å². The monoisotopic (exact) mass is 327 g/mol. The van der Waals surface area contributed by atoms with Crippen LogP contribution in [0, 0.1) is 0 Å². The largest absolute Gasteiger partial charge is 0.379 e. The van der Waals surface area contributed by atoms with E-state index in [0.717, 1.165) is 40.0 Å². The topological polar surface area (TPSA) is 73.0 Å². The van der Waals surface area contributed by atoms with Gasteiger partial charge in [-0.15, -0.1) is 0 Å². The maximum absolute atomic E-state index is 12.4. The van der Waals surface area contributed by atoms with Crippen LogP contribution in [-0.2, 0) is 4.74 Å². The first kappa shape index (κ1) is 14.6. The number of nitrogens with two attached hydrogens (primary N) is 1. The van der Waals surface area contributed by atoms with Crippen LogP contribution in [0.5, 0.6) is 0 Å². The highest BCUT2D eigenvalue weighted by Gasteiger charge is 2.22. The number of hydrogen-bond donors (Lipinski definition) is 2. The molecule has 0 spiro atoms. The average molecular weight is 327 g/mol. The van der Waals surface area contributed by atoms with Crippen molar-refractivity contribution in [1.82, 2.24) is 9.55 Å². The molecule has 0 bridgehead atoms. The van der Waals surface area contributed by atoms with Gasteiger partial charge in [0, 0.05) is 29.5 Å². The second-order valence-electron chi connectivity index (χ2n) is 5.68. The molecule has 3 N–H and O–H groups in total. The Morgan fingerprint density at radius 3 is 2.78 bits per heavy atom. The molecule has 1 aliphatic heterocycles. The molecule has 5 nitrogen and oxygen atoms in total. The van der Waals surface area contributed by atoms with Crippen LogP contribution in [0.4, 0.5) is 0 Å². The number of benzene rings is 1. The smallest absolute Gasteiger partial charge is 0.258 e. The van der Waals surface area contributed by atoms with Crippen LogP contribution in [0.15, 0.2) is 52.4 Å². The van der Waals surface area contributed by atoms with E-state index in [4.69, 9.17) is 9.88 Å².